The lowest BCUT2D eigenvalue weighted by Gasteiger charge is -2.12. The molecule has 124 valence electrons. The van der Waals surface area contributed by atoms with E-state index in [1.165, 1.54) is 0 Å². The zero-order valence-corrected chi connectivity index (χ0v) is 12.5. The van der Waals surface area contributed by atoms with Gasteiger partial charge in [0.05, 0.1) is 5.97 Å². The van der Waals surface area contributed by atoms with Crippen LogP contribution in [0.4, 0.5) is 10.5 Å². The van der Waals surface area contributed by atoms with Crippen molar-refractivity contribution in [1.29, 1.82) is 5.53 Å². The van der Waals surface area contributed by atoms with Crippen LogP contribution >= 0.6 is 0 Å². The minimum Gasteiger partial charge on any atom is -0.548 e. The third-order valence-electron chi connectivity index (χ3n) is 3.02. The van der Waals surface area contributed by atoms with E-state index < -0.39 is 18.1 Å². The lowest BCUT2D eigenvalue weighted by Crippen LogP contribution is -2.41. The van der Waals surface area contributed by atoms with Crippen LogP contribution in [0.5, 0.6) is 0 Å². The summed E-state index contributed by atoms with van der Waals surface area (Å²) in [7, 11) is 0. The number of carbonyl (C=O) groups is 2. The fourth-order valence-electron chi connectivity index (χ4n) is 1.78. The molecule has 23 heavy (non-hydrogen) atoms. The Morgan fingerprint density at radius 3 is 2.83 bits per heavy atom. The summed E-state index contributed by atoms with van der Waals surface area (Å²) in [4.78, 5) is 24.9. The third kappa shape index (κ3) is 7.16. The van der Waals surface area contributed by atoms with Gasteiger partial charge in [-0.3, -0.25) is 0 Å². The summed E-state index contributed by atoms with van der Waals surface area (Å²) in [5.74, 6) is -1.28. The first kappa shape index (κ1) is 18.3. The van der Waals surface area contributed by atoms with Crippen LogP contribution < -0.4 is 21.1 Å². The van der Waals surface area contributed by atoms with E-state index in [1.807, 2.05) is 0 Å². The zero-order chi connectivity index (χ0) is 17.1. The van der Waals surface area contributed by atoms with Crippen LogP contribution in [0, 0.1) is 5.53 Å². The van der Waals surface area contributed by atoms with Crippen LogP contribution in [-0.2, 0) is 16.1 Å². The normalized spacial score (nSPS) is 11.2. The van der Waals surface area contributed by atoms with E-state index in [-0.39, 0.29) is 6.61 Å². The highest BCUT2D eigenvalue weighted by molar-refractivity contribution is 5.70. The van der Waals surface area contributed by atoms with Gasteiger partial charge >= 0.3 is 6.09 Å². The SMILES string of the molecule is N=[N+]=Nc1ccccc1COC(=O)NCCCCC(N)C(=O)[O-]. The van der Waals surface area contributed by atoms with Crippen LogP contribution in [0.25, 0.3) is 0 Å². The molecule has 1 atom stereocenters. The van der Waals surface area contributed by atoms with Crippen molar-refractivity contribution >= 4 is 17.7 Å². The van der Waals surface area contributed by atoms with E-state index >= 15 is 0 Å². The molecule has 9 nitrogen and oxygen atoms in total. The van der Waals surface area contributed by atoms with Gasteiger partial charge in [0.15, 0.2) is 10.8 Å². The molecule has 0 fully saturated rings. The number of amides is 1. The third-order valence-corrected chi connectivity index (χ3v) is 3.02. The molecular formula is C14H19N5O4. The van der Waals surface area contributed by atoms with Crippen molar-refractivity contribution in [3.8, 4) is 0 Å². The number of nitrogens with one attached hydrogen (secondary N) is 2. The van der Waals surface area contributed by atoms with Crippen LogP contribution in [0.15, 0.2) is 29.4 Å². The van der Waals surface area contributed by atoms with E-state index in [2.05, 4.69) is 15.3 Å². The first-order chi connectivity index (χ1) is 11.0. The number of nitrogens with two attached hydrogens (primary N) is 1. The lowest BCUT2D eigenvalue weighted by molar-refractivity contribution is -0.307. The quantitative estimate of drug-likeness (QED) is 0.340. The average Bonchev–Trinajstić information content (AvgIpc) is 2.53. The van der Waals surface area contributed by atoms with Gasteiger partial charge in [-0.05, 0) is 25.3 Å². The molecule has 0 aromatic heterocycles. The van der Waals surface area contributed by atoms with Gasteiger partial charge in [0, 0.05) is 18.2 Å². The van der Waals surface area contributed by atoms with Crippen molar-refractivity contribution in [3.05, 3.63) is 29.8 Å². The molecule has 0 aliphatic carbocycles. The van der Waals surface area contributed by atoms with Gasteiger partial charge < -0.3 is 25.7 Å². The first-order valence-electron chi connectivity index (χ1n) is 7.07. The van der Waals surface area contributed by atoms with Crippen molar-refractivity contribution in [2.75, 3.05) is 6.54 Å². The van der Waals surface area contributed by atoms with E-state index in [0.717, 1.165) is 0 Å². The molecule has 1 rings (SSSR count). The van der Waals surface area contributed by atoms with Gasteiger partial charge in [-0.15, -0.1) is 0 Å². The molecule has 1 aromatic carbocycles. The Labute approximate surface area is 133 Å². The predicted octanol–water partition coefficient (Wildman–Crippen LogP) is 0.342. The topological polar surface area (TPSA) is 155 Å². The second kappa shape index (κ2) is 10.0. The summed E-state index contributed by atoms with van der Waals surface area (Å²) in [6, 6.07) is 5.91. The fourth-order valence-corrected chi connectivity index (χ4v) is 1.78. The number of benzene rings is 1. The standard InChI is InChI=1S/C14H19N5O4/c15-11(13(20)21)6-3-4-8-17-14(22)23-9-10-5-1-2-7-12(10)18-19-16/h1-2,5,7,11,16H,3-4,6,8-9,15H2,(H-,17,20,21,22). The molecule has 9 heteroatoms. The van der Waals surface area contributed by atoms with Crippen LogP contribution in [0.1, 0.15) is 24.8 Å². The maximum Gasteiger partial charge on any atom is 0.407 e. The Hall–Kier alpha value is -2.77. The number of alkyl carbamates (subject to hydrolysis) is 1. The van der Waals surface area contributed by atoms with Gasteiger partial charge in [-0.1, -0.05) is 18.2 Å². The van der Waals surface area contributed by atoms with Crippen molar-refractivity contribution in [1.82, 2.24) is 10.2 Å². The Bertz CT molecular complexity index is 586. The summed E-state index contributed by atoms with van der Waals surface area (Å²) in [6.45, 7) is 0.364. The lowest BCUT2D eigenvalue weighted by atomic mass is 10.1. The molecule has 0 aliphatic heterocycles. The van der Waals surface area contributed by atoms with Crippen LogP contribution in [0.2, 0.25) is 0 Å². The monoisotopic (exact) mass is 321 g/mol. The van der Waals surface area contributed by atoms with Crippen molar-refractivity contribution in [2.45, 2.75) is 31.9 Å². The number of rotatable bonds is 9. The Morgan fingerprint density at radius 2 is 2.13 bits per heavy atom. The fraction of sp³-hybridized carbons (Fsp3) is 0.429. The molecule has 1 unspecified atom stereocenters. The van der Waals surface area contributed by atoms with Gasteiger partial charge in [0.25, 0.3) is 0 Å². The highest BCUT2D eigenvalue weighted by Crippen LogP contribution is 2.18. The molecule has 1 aromatic rings. The van der Waals surface area contributed by atoms with Crippen molar-refractivity contribution in [3.63, 3.8) is 0 Å². The molecule has 0 heterocycles. The molecule has 0 aliphatic rings. The second-order valence-electron chi connectivity index (χ2n) is 4.75. The number of nitrogens with zero attached hydrogens (tertiary/aromatic N) is 2. The molecule has 0 bridgehead atoms. The number of carboxylic acids is 1. The molecule has 1 amide bonds. The van der Waals surface area contributed by atoms with E-state index in [9.17, 15) is 14.7 Å². The molecule has 0 radical (unpaired) electrons. The number of unbranched alkanes of at least 4 members (excludes halogenated alkanes) is 1. The average molecular weight is 321 g/mol. The molecule has 0 saturated carbocycles. The molecule has 0 spiro atoms. The molecule has 0 saturated heterocycles. The number of carbonyl (C=O) groups excluding carboxylic acids is 2. The Morgan fingerprint density at radius 1 is 1.39 bits per heavy atom. The number of hydrogen-bond donors (Lipinski definition) is 3. The highest BCUT2D eigenvalue weighted by Gasteiger charge is 2.08. The summed E-state index contributed by atoms with van der Waals surface area (Å²) < 4.78 is 5.04. The summed E-state index contributed by atoms with van der Waals surface area (Å²) in [5, 5.41) is 16.6. The van der Waals surface area contributed by atoms with Crippen LogP contribution in [0.3, 0.4) is 0 Å². The maximum absolute atomic E-state index is 11.5. The smallest absolute Gasteiger partial charge is 0.407 e. The summed E-state index contributed by atoms with van der Waals surface area (Å²) >= 11 is 0. The van der Waals surface area contributed by atoms with Gasteiger partial charge in [0.1, 0.15) is 12.1 Å². The predicted molar refractivity (Wildman–Crippen MR) is 78.4 cm³/mol. The van der Waals surface area contributed by atoms with Gasteiger partial charge in [-0.2, -0.15) is 0 Å². The summed E-state index contributed by atoms with van der Waals surface area (Å²) in [6.07, 6.45) is 0.846. The molecular weight excluding hydrogens is 302 g/mol. The Kier molecular flexibility index (Phi) is 7.98. The number of aliphatic carboxylic acids is 1. The van der Waals surface area contributed by atoms with Gasteiger partial charge in [0.2, 0.25) is 4.91 Å². The number of carboxylic acid groups (broad SMARTS) is 1. The minimum atomic E-state index is -1.28. The number of hydrogen-bond acceptors (Lipinski definition) is 7. The number of ether oxygens (including phenoxy) is 1. The maximum atomic E-state index is 11.5. The first-order valence-corrected chi connectivity index (χ1v) is 7.07. The van der Waals surface area contributed by atoms with Crippen molar-refractivity contribution < 1.29 is 19.4 Å². The van der Waals surface area contributed by atoms with E-state index in [4.69, 9.17) is 16.0 Å². The van der Waals surface area contributed by atoms with E-state index in [1.54, 1.807) is 24.3 Å². The largest absolute Gasteiger partial charge is 0.548 e. The highest BCUT2D eigenvalue weighted by atomic mass is 16.5. The van der Waals surface area contributed by atoms with E-state index in [0.29, 0.717) is 37.1 Å². The Balaban J connectivity index is 2.25. The second-order valence-corrected chi connectivity index (χ2v) is 4.75. The summed E-state index contributed by atoms with van der Waals surface area (Å²) in [5.41, 5.74) is 13.1. The zero-order valence-electron chi connectivity index (χ0n) is 12.5. The minimum absolute atomic E-state index is 0.0105. The van der Waals surface area contributed by atoms with Gasteiger partial charge in [-0.25, -0.2) is 4.79 Å². The van der Waals surface area contributed by atoms with Crippen molar-refractivity contribution in [2.24, 2.45) is 10.8 Å². The van der Waals surface area contributed by atoms with Crippen LogP contribution in [-0.4, -0.2) is 24.6 Å². The molecule has 4 N–H and O–H groups in total.